The molecule has 1 atom stereocenters. The van der Waals surface area contributed by atoms with Crippen molar-refractivity contribution in [1.29, 1.82) is 0 Å². The van der Waals surface area contributed by atoms with E-state index >= 15 is 0 Å². The highest BCUT2D eigenvalue weighted by molar-refractivity contribution is 8.04. The average Bonchev–Trinajstić information content (AvgIpc) is 3.59. The van der Waals surface area contributed by atoms with E-state index in [4.69, 9.17) is 22.1 Å². The Kier molecular flexibility index (Phi) is 10.0. The number of nitrogens with zero attached hydrogens (tertiary/aromatic N) is 3. The molecule has 6 nitrogen and oxygen atoms in total. The topological polar surface area (TPSA) is 70.7 Å². The van der Waals surface area contributed by atoms with Gasteiger partial charge in [-0.05, 0) is 91.8 Å². The normalized spacial score (nSPS) is 18.7. The number of carbonyl (C=O) groups is 1. The lowest BCUT2D eigenvalue weighted by molar-refractivity contribution is -0.131. The Balaban J connectivity index is 1.43. The van der Waals surface area contributed by atoms with Gasteiger partial charge in [-0.1, -0.05) is 80.8 Å². The number of aromatic nitrogens is 1. The van der Waals surface area contributed by atoms with E-state index in [9.17, 15) is 4.79 Å². The summed E-state index contributed by atoms with van der Waals surface area (Å²) in [5, 5.41) is 4.39. The third kappa shape index (κ3) is 6.75. The second-order valence-corrected chi connectivity index (χ2v) is 13.6. The number of anilines is 1. The summed E-state index contributed by atoms with van der Waals surface area (Å²) < 4.78 is 8.90. The Morgan fingerprint density at radius 2 is 2.02 bits per heavy atom. The molecule has 224 valence electrons. The van der Waals surface area contributed by atoms with Gasteiger partial charge in [0.25, 0.3) is 5.91 Å². The van der Waals surface area contributed by atoms with Gasteiger partial charge < -0.3 is 4.52 Å². The smallest absolute Gasteiger partial charge is 0.256 e. The van der Waals surface area contributed by atoms with Crippen molar-refractivity contribution >= 4 is 47.8 Å². The zero-order valence-electron chi connectivity index (χ0n) is 25.4. The number of benzene rings is 1. The summed E-state index contributed by atoms with van der Waals surface area (Å²) in [7, 11) is 0. The molecule has 1 saturated carbocycles. The Labute approximate surface area is 260 Å². The Morgan fingerprint density at radius 3 is 2.74 bits per heavy atom. The lowest BCUT2D eigenvalue weighted by Gasteiger charge is -2.24. The number of aryl methyl sites for hydroxylation is 2. The highest BCUT2D eigenvalue weighted by atomic mass is 32.2. The zero-order valence-corrected chi connectivity index (χ0v) is 27.1. The molecule has 0 radical (unpaired) electrons. The van der Waals surface area contributed by atoms with E-state index in [0.717, 1.165) is 91.8 Å². The Morgan fingerprint density at radius 1 is 1.21 bits per heavy atom. The fourth-order valence-corrected chi connectivity index (χ4v) is 6.99. The molecule has 1 unspecified atom stereocenters. The number of allylic oxidation sites excluding steroid dienone is 5. The maximum absolute atomic E-state index is 13.8. The van der Waals surface area contributed by atoms with Gasteiger partial charge in [0.1, 0.15) is 11.4 Å². The van der Waals surface area contributed by atoms with Crippen LogP contribution < -0.4 is 4.72 Å². The van der Waals surface area contributed by atoms with Gasteiger partial charge in [-0.15, -0.1) is 0 Å². The predicted molar refractivity (Wildman–Crippen MR) is 179 cm³/mol. The van der Waals surface area contributed by atoms with E-state index in [1.807, 2.05) is 18.7 Å². The molecule has 1 aliphatic heterocycles. The molecule has 1 aromatic heterocycles. The van der Waals surface area contributed by atoms with Crippen molar-refractivity contribution in [2.75, 3.05) is 4.72 Å². The molecule has 1 aromatic carbocycles. The molecule has 1 fully saturated rings. The van der Waals surface area contributed by atoms with Gasteiger partial charge in [0, 0.05) is 16.9 Å². The maximum Gasteiger partial charge on any atom is 0.256 e. The zero-order chi connectivity index (χ0) is 29.7. The lowest BCUT2D eigenvalue weighted by atomic mass is 9.93. The average molecular weight is 605 g/mol. The number of carbonyl (C=O) groups excluding carboxylic acids is 1. The number of hydrogen-bond donors (Lipinski definition) is 2. The molecular weight excluding hydrogens is 561 g/mol. The molecule has 2 aliphatic carbocycles. The summed E-state index contributed by atoms with van der Waals surface area (Å²) in [6.07, 6.45) is 18.5. The van der Waals surface area contributed by atoms with Gasteiger partial charge in [0.05, 0.1) is 12.2 Å². The molecule has 1 N–H and O–H groups in total. The quantitative estimate of drug-likeness (QED) is 0.187. The standard InChI is InChI=1S/C34H44N4O2S2/c1-5-6-14-31-35-34(19-10-11-20-34)33(39)38(31)22-26-16-18-28(27(21-26)17-15-23(2)41)29-12-8-7-9-13-30(29)42-37-32-24(3)25(4)36-40-32/h7-8,12-13,16,18,21,23,37,41H,5-6,9-11,14-15,17,19-20,22H2,1-4H3. The molecule has 42 heavy (non-hydrogen) atoms. The van der Waals surface area contributed by atoms with E-state index in [0.29, 0.717) is 17.7 Å². The van der Waals surface area contributed by atoms with Gasteiger partial charge in [-0.3, -0.25) is 19.4 Å². The number of thiol groups is 1. The molecular formula is C34H44N4O2S2. The van der Waals surface area contributed by atoms with Gasteiger partial charge in [0.2, 0.25) is 5.88 Å². The van der Waals surface area contributed by atoms with E-state index < -0.39 is 5.54 Å². The van der Waals surface area contributed by atoms with Crippen LogP contribution in [0.15, 0.2) is 56.9 Å². The number of amides is 1. The Hall–Kier alpha value is -2.71. The minimum Gasteiger partial charge on any atom is -0.337 e. The van der Waals surface area contributed by atoms with Crippen molar-refractivity contribution in [3.63, 3.8) is 0 Å². The van der Waals surface area contributed by atoms with E-state index in [1.54, 1.807) is 11.9 Å². The van der Waals surface area contributed by atoms with Crippen molar-refractivity contribution < 1.29 is 9.32 Å². The van der Waals surface area contributed by atoms with Crippen molar-refractivity contribution in [1.82, 2.24) is 10.1 Å². The van der Waals surface area contributed by atoms with Gasteiger partial charge in [-0.25, -0.2) is 0 Å². The molecule has 0 saturated heterocycles. The molecule has 3 aliphatic rings. The van der Waals surface area contributed by atoms with Crippen LogP contribution in [0.1, 0.15) is 99.6 Å². The maximum atomic E-state index is 13.8. The van der Waals surface area contributed by atoms with E-state index in [1.165, 1.54) is 16.7 Å². The van der Waals surface area contributed by atoms with Crippen molar-refractivity contribution in [2.45, 2.75) is 109 Å². The highest BCUT2D eigenvalue weighted by Gasteiger charge is 2.49. The SMILES string of the molecule is CCCCC1=NC2(CCCC2)C(=O)N1Cc1ccc(C2=CC=CCC=C2SNc2onc(C)c2C)c(CCC(C)S)c1. The van der Waals surface area contributed by atoms with E-state index in [2.05, 4.69) is 66.2 Å². The molecule has 0 bridgehead atoms. The number of aliphatic imine (C=N–C) groups is 1. The second kappa shape index (κ2) is 13.7. The van der Waals surface area contributed by atoms with Crippen LogP contribution in [0.3, 0.4) is 0 Å². The molecule has 2 aromatic rings. The first kappa shape index (κ1) is 30.7. The number of unbranched alkanes of at least 4 members (excludes halogenated alkanes) is 1. The first-order valence-corrected chi connectivity index (χ1v) is 16.8. The monoisotopic (exact) mass is 604 g/mol. The molecule has 8 heteroatoms. The third-order valence-corrected chi connectivity index (χ3v) is 9.78. The predicted octanol–water partition coefficient (Wildman–Crippen LogP) is 8.77. The summed E-state index contributed by atoms with van der Waals surface area (Å²) in [6.45, 7) is 8.89. The minimum absolute atomic E-state index is 0.211. The molecule has 1 spiro atoms. The molecule has 5 rings (SSSR count). The van der Waals surface area contributed by atoms with Crippen molar-refractivity contribution in [3.05, 3.63) is 75.4 Å². The number of nitrogens with one attached hydrogen (secondary N) is 1. The van der Waals surface area contributed by atoms with Crippen LogP contribution in [-0.4, -0.2) is 32.6 Å². The van der Waals surface area contributed by atoms with Crippen LogP contribution >= 0.6 is 24.6 Å². The van der Waals surface area contributed by atoms with Crippen molar-refractivity contribution in [2.24, 2.45) is 4.99 Å². The third-order valence-electron chi connectivity index (χ3n) is 8.63. The van der Waals surface area contributed by atoms with Gasteiger partial charge >= 0.3 is 0 Å². The fourth-order valence-electron chi connectivity index (χ4n) is 6.00. The first-order chi connectivity index (χ1) is 20.3. The fraction of sp³-hybridized carbons (Fsp3) is 0.500. The van der Waals surface area contributed by atoms with Crippen LogP contribution in [0.5, 0.6) is 0 Å². The highest BCUT2D eigenvalue weighted by Crippen LogP contribution is 2.41. The largest absolute Gasteiger partial charge is 0.337 e. The van der Waals surface area contributed by atoms with Crippen LogP contribution in [0, 0.1) is 13.8 Å². The van der Waals surface area contributed by atoms with Crippen LogP contribution in [0.25, 0.3) is 5.57 Å². The van der Waals surface area contributed by atoms with Crippen molar-refractivity contribution in [3.8, 4) is 0 Å². The summed E-state index contributed by atoms with van der Waals surface area (Å²) in [6, 6.07) is 6.75. The first-order valence-electron chi connectivity index (χ1n) is 15.5. The number of rotatable bonds is 12. The van der Waals surface area contributed by atoms with Crippen LogP contribution in [0.2, 0.25) is 0 Å². The summed E-state index contributed by atoms with van der Waals surface area (Å²) in [4.78, 5) is 22.0. The minimum atomic E-state index is -0.505. The number of amidine groups is 1. The van der Waals surface area contributed by atoms with Gasteiger partial charge in [0.15, 0.2) is 0 Å². The van der Waals surface area contributed by atoms with Gasteiger partial charge in [-0.2, -0.15) is 12.6 Å². The van der Waals surface area contributed by atoms with E-state index in [-0.39, 0.29) is 5.91 Å². The number of hydrogen-bond acceptors (Lipinski definition) is 7. The summed E-state index contributed by atoms with van der Waals surface area (Å²) in [5.74, 6) is 1.88. The molecule has 1 amide bonds. The lowest BCUT2D eigenvalue weighted by Crippen LogP contribution is -2.40. The van der Waals surface area contributed by atoms with Crippen LogP contribution in [-0.2, 0) is 17.8 Å². The molecule has 2 heterocycles. The second-order valence-electron chi connectivity index (χ2n) is 11.9. The summed E-state index contributed by atoms with van der Waals surface area (Å²) in [5.41, 5.74) is 6.23. The van der Waals surface area contributed by atoms with Crippen LogP contribution in [0.4, 0.5) is 5.88 Å². The Bertz CT molecular complexity index is 1410. The summed E-state index contributed by atoms with van der Waals surface area (Å²) >= 11 is 6.26.